The Morgan fingerprint density at radius 3 is 2.40 bits per heavy atom. The third-order valence-electron chi connectivity index (χ3n) is 10.8. The van der Waals surface area contributed by atoms with Crippen LogP contribution in [0.4, 0.5) is 0 Å². The maximum absolute atomic E-state index is 13.9. The third-order valence-corrected chi connectivity index (χ3v) is 11.9. The number of para-hydroxylation sites is 1. The van der Waals surface area contributed by atoms with Gasteiger partial charge in [-0.15, -0.1) is 11.3 Å². The second kappa shape index (κ2) is 19.9. The van der Waals surface area contributed by atoms with Gasteiger partial charge in [-0.25, -0.2) is 0 Å². The summed E-state index contributed by atoms with van der Waals surface area (Å²) in [5.74, 6) is -0.645. The Morgan fingerprint density at radius 1 is 1.04 bits per heavy atom. The molecule has 1 saturated carbocycles. The second-order valence-corrected chi connectivity index (χ2v) is 15.9. The van der Waals surface area contributed by atoms with Crippen molar-refractivity contribution in [2.75, 3.05) is 26.4 Å². The summed E-state index contributed by atoms with van der Waals surface area (Å²) in [6.45, 7) is 2.91. The van der Waals surface area contributed by atoms with E-state index >= 15 is 0 Å². The first-order chi connectivity index (χ1) is 25.7. The first-order valence-electron chi connectivity index (χ1n) is 19.5. The third kappa shape index (κ3) is 11.8. The quantitative estimate of drug-likeness (QED) is 0.179. The monoisotopic (exact) mass is 750 g/mol. The average molecular weight is 751 g/mol. The van der Waals surface area contributed by atoms with Gasteiger partial charge in [-0.2, -0.15) is 0 Å². The Balaban J connectivity index is 1.26. The number of thiophene rings is 1. The van der Waals surface area contributed by atoms with Gasteiger partial charge in [0.2, 0.25) is 23.6 Å². The molecular weight excluding hydrogens is 693 g/mol. The fourth-order valence-electron chi connectivity index (χ4n) is 7.60. The minimum Gasteiger partial charge on any atom is -0.494 e. The smallest absolute Gasteiger partial charge is 0.243 e. The number of piperidine rings is 1. The number of nitrogens with two attached hydrogens (primary N) is 1. The van der Waals surface area contributed by atoms with Crippen LogP contribution < -0.4 is 26.4 Å². The standard InChI is InChI=1S/C40H58N6O6S/c1-28(33-22-29(26-53-33)37(41)42)44-39(50)32-23-40-24-34(40)46(32)36(48)25-43-38(49)31(19-21-52-30-16-12-11-13-17-30)45-35(47)18-14-9-7-5-3-2-4-6-8-10-15-20-51-27-40/h11-13,16-17,22,26,28,31-32,34H,2-10,14-15,18-21,23-25,27H2,1H3,(H3,41,42)(H,43,49)(H,44,50)(H,45,47)/t28-,31+,32+,34+,40-/m1/s1. The lowest BCUT2D eigenvalue weighted by molar-refractivity contribution is -0.140. The van der Waals surface area contributed by atoms with Crippen LogP contribution in [0, 0.1) is 10.8 Å². The fraction of sp³-hybridized carbons (Fsp3) is 0.625. The van der Waals surface area contributed by atoms with Gasteiger partial charge in [0, 0.05) is 46.7 Å². The van der Waals surface area contributed by atoms with Crippen LogP contribution in [0.15, 0.2) is 41.8 Å². The number of carbonyl (C=O) groups excluding carboxylic acids is 4. The van der Waals surface area contributed by atoms with Crippen LogP contribution in [0.2, 0.25) is 0 Å². The molecule has 13 heteroatoms. The molecule has 3 aliphatic rings. The highest BCUT2D eigenvalue weighted by Gasteiger charge is 2.67. The van der Waals surface area contributed by atoms with E-state index in [0.717, 1.165) is 43.4 Å². The van der Waals surface area contributed by atoms with Crippen LogP contribution >= 0.6 is 11.3 Å². The van der Waals surface area contributed by atoms with Crippen molar-refractivity contribution in [1.82, 2.24) is 20.9 Å². The summed E-state index contributed by atoms with van der Waals surface area (Å²) in [4.78, 5) is 56.9. The summed E-state index contributed by atoms with van der Waals surface area (Å²) >= 11 is 1.42. The van der Waals surface area contributed by atoms with Gasteiger partial charge in [0.05, 0.1) is 25.8 Å². The van der Waals surface area contributed by atoms with E-state index in [9.17, 15) is 19.2 Å². The van der Waals surface area contributed by atoms with Gasteiger partial charge in [-0.3, -0.25) is 24.6 Å². The molecule has 5 atom stereocenters. The van der Waals surface area contributed by atoms with E-state index in [1.54, 1.807) is 16.3 Å². The van der Waals surface area contributed by atoms with Gasteiger partial charge in [-0.1, -0.05) is 76.0 Å². The number of ether oxygens (including phenoxy) is 2. The largest absolute Gasteiger partial charge is 0.494 e. The molecule has 2 bridgehead atoms. The zero-order chi connectivity index (χ0) is 37.6. The maximum atomic E-state index is 13.9. The predicted molar refractivity (Wildman–Crippen MR) is 206 cm³/mol. The molecule has 290 valence electrons. The Morgan fingerprint density at radius 2 is 1.72 bits per heavy atom. The second-order valence-electron chi connectivity index (χ2n) is 15.0. The molecular formula is C40H58N6O6S. The number of nitrogens with zero attached hydrogens (tertiary/aromatic N) is 1. The van der Waals surface area contributed by atoms with Crippen LogP contribution in [0.5, 0.6) is 5.75 Å². The minimum atomic E-state index is -0.883. The predicted octanol–water partition coefficient (Wildman–Crippen LogP) is 5.35. The van der Waals surface area contributed by atoms with E-state index in [0.29, 0.717) is 37.4 Å². The number of nitrogen functional groups attached to an aromatic ring is 1. The Bertz CT molecular complexity index is 1540. The van der Waals surface area contributed by atoms with Crippen molar-refractivity contribution in [3.8, 4) is 5.75 Å². The molecule has 2 aromatic rings. The van der Waals surface area contributed by atoms with Gasteiger partial charge in [-0.05, 0) is 50.8 Å². The highest BCUT2D eigenvalue weighted by Crippen LogP contribution is 2.59. The number of amidine groups is 1. The summed E-state index contributed by atoms with van der Waals surface area (Å²) in [5, 5.41) is 18.3. The van der Waals surface area contributed by atoms with Crippen LogP contribution in [0.1, 0.15) is 120 Å². The average Bonchev–Trinajstić information content (AvgIpc) is 3.45. The molecule has 0 radical (unpaired) electrons. The highest BCUT2D eigenvalue weighted by atomic mass is 32.1. The van der Waals surface area contributed by atoms with Crippen molar-refractivity contribution < 1.29 is 28.7 Å². The summed E-state index contributed by atoms with van der Waals surface area (Å²) in [7, 11) is 0. The van der Waals surface area contributed by atoms with Crippen molar-refractivity contribution in [1.29, 1.82) is 5.41 Å². The van der Waals surface area contributed by atoms with Crippen molar-refractivity contribution >= 4 is 40.8 Å². The van der Waals surface area contributed by atoms with Gasteiger partial charge >= 0.3 is 0 Å². The normalized spacial score (nSPS) is 26.2. The van der Waals surface area contributed by atoms with Gasteiger partial charge in [0.1, 0.15) is 23.7 Å². The molecule has 2 aliphatic heterocycles. The number of hydrogen-bond acceptors (Lipinski definition) is 8. The lowest BCUT2D eigenvalue weighted by Crippen LogP contribution is -2.53. The van der Waals surface area contributed by atoms with E-state index in [-0.39, 0.29) is 60.6 Å². The van der Waals surface area contributed by atoms with Crippen molar-refractivity contribution in [2.45, 2.75) is 127 Å². The van der Waals surface area contributed by atoms with Crippen molar-refractivity contribution in [3.63, 3.8) is 0 Å². The van der Waals surface area contributed by atoms with Crippen molar-refractivity contribution in [3.05, 3.63) is 52.2 Å². The molecule has 53 heavy (non-hydrogen) atoms. The number of carbonyl (C=O) groups is 4. The van der Waals surface area contributed by atoms with Crippen LogP contribution in [-0.2, 0) is 23.9 Å². The summed E-state index contributed by atoms with van der Waals surface area (Å²) in [6.07, 6.45) is 14.0. The first kappa shape index (κ1) is 40.2. The lowest BCUT2D eigenvalue weighted by Gasteiger charge is -2.28. The van der Waals surface area contributed by atoms with Crippen LogP contribution in [-0.4, -0.2) is 78.9 Å². The fourth-order valence-corrected chi connectivity index (χ4v) is 8.52. The molecule has 0 spiro atoms. The number of rotatable bonds is 8. The van der Waals surface area contributed by atoms with E-state index in [1.165, 1.54) is 49.9 Å². The zero-order valence-corrected chi connectivity index (χ0v) is 32.0. The lowest BCUT2D eigenvalue weighted by atomic mass is 9.99. The Kier molecular flexibility index (Phi) is 15.1. The van der Waals surface area contributed by atoms with Gasteiger partial charge in [0.15, 0.2) is 0 Å². The Hall–Kier alpha value is -3.97. The van der Waals surface area contributed by atoms with Crippen LogP contribution in [0.25, 0.3) is 0 Å². The molecule has 6 N–H and O–H groups in total. The summed E-state index contributed by atoms with van der Waals surface area (Å²) in [6, 6.07) is 8.97. The topological polar surface area (TPSA) is 176 Å². The SMILES string of the molecule is C[C@@H](NC(=O)[C@@H]1C[C@@]23COCCCCCCCCCCCCCC(=O)N[C@@H](CCOc4ccccc4)C(=O)NCC(=O)N1[C@H]2C3)c1cc(C(=N)N)cs1. The van der Waals surface area contributed by atoms with E-state index in [2.05, 4.69) is 16.0 Å². The molecule has 1 aromatic carbocycles. The summed E-state index contributed by atoms with van der Waals surface area (Å²) < 4.78 is 12.0. The molecule has 1 aromatic heterocycles. The molecule has 2 saturated heterocycles. The van der Waals surface area contributed by atoms with E-state index in [1.807, 2.05) is 37.3 Å². The number of nitrogens with one attached hydrogen (secondary N) is 4. The first-order valence-corrected chi connectivity index (χ1v) is 20.4. The van der Waals surface area contributed by atoms with E-state index < -0.39 is 18.0 Å². The number of hydrogen-bond donors (Lipinski definition) is 5. The van der Waals surface area contributed by atoms with E-state index in [4.69, 9.17) is 20.6 Å². The molecule has 5 rings (SSSR count). The highest BCUT2D eigenvalue weighted by molar-refractivity contribution is 7.10. The Labute approximate surface area is 317 Å². The number of amides is 4. The molecule has 12 nitrogen and oxygen atoms in total. The van der Waals surface area contributed by atoms with Crippen molar-refractivity contribution in [2.24, 2.45) is 11.1 Å². The number of benzene rings is 1. The van der Waals surface area contributed by atoms with Gasteiger partial charge in [0.25, 0.3) is 0 Å². The molecule has 3 heterocycles. The maximum Gasteiger partial charge on any atom is 0.243 e. The minimum absolute atomic E-state index is 0.0341. The molecule has 1 aliphatic carbocycles. The zero-order valence-electron chi connectivity index (χ0n) is 31.2. The molecule has 4 amide bonds. The molecule has 3 fully saturated rings. The van der Waals surface area contributed by atoms with Crippen LogP contribution in [0.3, 0.4) is 0 Å². The summed E-state index contributed by atoms with van der Waals surface area (Å²) in [5.41, 5.74) is 5.96. The van der Waals surface area contributed by atoms with Gasteiger partial charge < -0.3 is 36.1 Å². The molecule has 0 unspecified atom stereocenters.